The molecule has 0 unspecified atom stereocenters. The molecule has 1 aromatic carbocycles. The third kappa shape index (κ3) is 3.22. The molecule has 4 N–H and O–H groups in total. The predicted octanol–water partition coefficient (Wildman–Crippen LogP) is -0.0382. The van der Waals surface area contributed by atoms with Gasteiger partial charge in [-0.15, -0.1) is 0 Å². The molecule has 0 atom stereocenters. The Morgan fingerprint density at radius 2 is 2.16 bits per heavy atom. The van der Waals surface area contributed by atoms with Crippen molar-refractivity contribution in [2.45, 2.75) is 0 Å². The van der Waals surface area contributed by atoms with Gasteiger partial charge in [-0.2, -0.15) is 0 Å². The lowest BCUT2D eigenvalue weighted by Crippen LogP contribution is -2.15. The molecule has 0 saturated heterocycles. The molecule has 8 heteroatoms. The number of nitrogens with two attached hydrogens (primary N) is 1. The number of hydrogen-bond acceptors (Lipinski definition) is 6. The van der Waals surface area contributed by atoms with E-state index in [9.17, 15) is 13.2 Å². The topological polar surface area (TPSA) is 118 Å². The first-order valence-corrected chi connectivity index (χ1v) is 7.61. The van der Waals surface area contributed by atoms with Crippen LogP contribution >= 0.6 is 0 Å². The number of nitrogens with zero attached hydrogens (tertiary/aromatic N) is 1. The fraction of sp³-hybridized carbons (Fsp3) is 0.273. The molecular weight excluding hydrogens is 268 g/mol. The van der Waals surface area contributed by atoms with Crippen LogP contribution in [0.5, 0.6) is 0 Å². The summed E-state index contributed by atoms with van der Waals surface area (Å²) in [5.41, 5.74) is 6.99. The third-order valence-corrected chi connectivity index (χ3v) is 3.55. The van der Waals surface area contributed by atoms with Gasteiger partial charge in [0.05, 0.1) is 34.4 Å². The Hall–Kier alpha value is -2.09. The first-order chi connectivity index (χ1) is 8.87. The number of sulfone groups is 1. The van der Waals surface area contributed by atoms with E-state index in [0.717, 1.165) is 0 Å². The first kappa shape index (κ1) is 13.3. The lowest BCUT2D eigenvalue weighted by Gasteiger charge is -2.09. The Morgan fingerprint density at radius 3 is 2.84 bits per heavy atom. The Kier molecular flexibility index (Phi) is 3.43. The van der Waals surface area contributed by atoms with Crippen molar-refractivity contribution in [1.82, 2.24) is 9.97 Å². The smallest absolute Gasteiger partial charge is 0.258 e. The van der Waals surface area contributed by atoms with Crippen molar-refractivity contribution in [3.8, 4) is 0 Å². The monoisotopic (exact) mass is 282 g/mol. The molecule has 0 amide bonds. The maximum absolute atomic E-state index is 11.5. The Labute approximate surface area is 109 Å². The van der Waals surface area contributed by atoms with Gasteiger partial charge in [-0.1, -0.05) is 0 Å². The van der Waals surface area contributed by atoms with E-state index >= 15 is 0 Å². The zero-order valence-corrected chi connectivity index (χ0v) is 11.1. The second kappa shape index (κ2) is 4.88. The lowest BCUT2D eigenvalue weighted by atomic mass is 10.2. The molecule has 0 aliphatic rings. The predicted molar refractivity (Wildman–Crippen MR) is 75.0 cm³/mol. The van der Waals surface area contributed by atoms with Gasteiger partial charge in [0.25, 0.3) is 5.56 Å². The minimum atomic E-state index is -3.03. The number of hydrogen-bond donors (Lipinski definition) is 3. The zero-order chi connectivity index (χ0) is 14.0. The molecule has 102 valence electrons. The molecule has 19 heavy (non-hydrogen) atoms. The number of benzene rings is 1. The summed E-state index contributed by atoms with van der Waals surface area (Å²) in [7, 11) is -3.03. The molecule has 1 heterocycles. The zero-order valence-electron chi connectivity index (χ0n) is 10.3. The molecule has 0 saturated carbocycles. The quantitative estimate of drug-likeness (QED) is 0.677. The van der Waals surface area contributed by atoms with E-state index < -0.39 is 9.84 Å². The van der Waals surface area contributed by atoms with Gasteiger partial charge < -0.3 is 16.0 Å². The number of fused-ring (bicyclic) bond motifs is 1. The van der Waals surface area contributed by atoms with Crippen molar-refractivity contribution >= 4 is 32.1 Å². The van der Waals surface area contributed by atoms with Crippen LogP contribution in [0.25, 0.3) is 10.9 Å². The van der Waals surface area contributed by atoms with E-state index in [4.69, 9.17) is 5.73 Å². The van der Waals surface area contributed by atoms with Gasteiger partial charge in [-0.05, 0) is 12.1 Å². The molecule has 0 aliphatic heterocycles. The van der Waals surface area contributed by atoms with E-state index in [1.807, 2.05) is 0 Å². The van der Waals surface area contributed by atoms with Gasteiger partial charge in [0.15, 0.2) is 0 Å². The van der Waals surface area contributed by atoms with Crippen LogP contribution in [0.4, 0.5) is 11.4 Å². The van der Waals surface area contributed by atoms with E-state index in [-0.39, 0.29) is 17.9 Å². The summed E-state index contributed by atoms with van der Waals surface area (Å²) in [6.45, 7) is 0.248. The van der Waals surface area contributed by atoms with Gasteiger partial charge in [0.2, 0.25) is 0 Å². The number of anilines is 2. The van der Waals surface area contributed by atoms with Crippen molar-refractivity contribution in [2.24, 2.45) is 0 Å². The fourth-order valence-corrected chi connectivity index (χ4v) is 2.13. The molecule has 0 spiro atoms. The average molecular weight is 282 g/mol. The van der Waals surface area contributed by atoms with Gasteiger partial charge in [0.1, 0.15) is 9.84 Å². The highest BCUT2D eigenvalue weighted by atomic mass is 32.2. The number of aromatic nitrogens is 2. The van der Waals surface area contributed by atoms with E-state index in [2.05, 4.69) is 15.3 Å². The van der Waals surface area contributed by atoms with Crippen LogP contribution in [0.3, 0.4) is 0 Å². The van der Waals surface area contributed by atoms with Crippen molar-refractivity contribution in [2.75, 3.05) is 29.6 Å². The molecule has 7 nitrogen and oxygen atoms in total. The van der Waals surface area contributed by atoms with Crippen LogP contribution in [-0.2, 0) is 9.84 Å². The second-order valence-corrected chi connectivity index (χ2v) is 6.50. The van der Waals surface area contributed by atoms with Gasteiger partial charge in [-0.3, -0.25) is 4.79 Å². The Morgan fingerprint density at radius 1 is 1.42 bits per heavy atom. The maximum Gasteiger partial charge on any atom is 0.258 e. The minimum Gasteiger partial charge on any atom is -0.397 e. The number of nitrogens with one attached hydrogen (secondary N) is 2. The van der Waals surface area contributed by atoms with E-state index in [1.54, 1.807) is 6.07 Å². The van der Waals surface area contributed by atoms with Crippen molar-refractivity contribution in [1.29, 1.82) is 0 Å². The summed E-state index contributed by atoms with van der Waals surface area (Å²) in [6.07, 6.45) is 2.47. The molecule has 0 aliphatic carbocycles. The van der Waals surface area contributed by atoms with Crippen molar-refractivity contribution in [3.05, 3.63) is 28.8 Å². The first-order valence-electron chi connectivity index (χ1n) is 5.55. The van der Waals surface area contributed by atoms with Crippen LogP contribution < -0.4 is 16.6 Å². The highest BCUT2D eigenvalue weighted by Crippen LogP contribution is 2.22. The summed E-state index contributed by atoms with van der Waals surface area (Å²) >= 11 is 0. The van der Waals surface area contributed by atoms with Gasteiger partial charge >= 0.3 is 0 Å². The van der Waals surface area contributed by atoms with Crippen LogP contribution in [0.2, 0.25) is 0 Å². The van der Waals surface area contributed by atoms with E-state index in [1.165, 1.54) is 18.6 Å². The lowest BCUT2D eigenvalue weighted by molar-refractivity contribution is 0.602. The van der Waals surface area contributed by atoms with Crippen LogP contribution in [-0.4, -0.2) is 36.9 Å². The fourth-order valence-electron chi connectivity index (χ4n) is 1.66. The molecule has 0 radical (unpaired) electrons. The van der Waals surface area contributed by atoms with E-state index in [0.29, 0.717) is 22.3 Å². The SMILES string of the molecule is CS(=O)(=O)CCNc1cc2nc[nH]c(=O)c2cc1N. The largest absolute Gasteiger partial charge is 0.397 e. The minimum absolute atomic E-state index is 0.00722. The number of nitrogen functional groups attached to an aromatic ring is 1. The number of rotatable bonds is 4. The van der Waals surface area contributed by atoms with Crippen molar-refractivity contribution < 1.29 is 8.42 Å². The maximum atomic E-state index is 11.5. The highest BCUT2D eigenvalue weighted by molar-refractivity contribution is 7.90. The molecule has 2 rings (SSSR count). The van der Waals surface area contributed by atoms with Crippen LogP contribution in [0, 0.1) is 0 Å². The van der Waals surface area contributed by atoms with Crippen LogP contribution in [0.15, 0.2) is 23.3 Å². The highest BCUT2D eigenvalue weighted by Gasteiger charge is 2.07. The Bertz CT molecular complexity index is 767. The van der Waals surface area contributed by atoms with Crippen LogP contribution in [0.1, 0.15) is 0 Å². The van der Waals surface area contributed by atoms with Gasteiger partial charge in [0, 0.05) is 12.8 Å². The number of H-pyrrole nitrogens is 1. The molecule has 2 aromatic rings. The normalized spacial score (nSPS) is 11.6. The third-order valence-electron chi connectivity index (χ3n) is 2.60. The second-order valence-electron chi connectivity index (χ2n) is 4.24. The summed E-state index contributed by atoms with van der Waals surface area (Å²) in [5, 5.41) is 3.32. The number of aromatic amines is 1. The standard InChI is InChI=1S/C11H14N4O3S/c1-19(17,18)3-2-13-10-5-9-7(4-8(10)12)11(16)15-6-14-9/h4-6,13H,2-3,12H2,1H3,(H,14,15,16). The molecular formula is C11H14N4O3S. The average Bonchev–Trinajstić information content (AvgIpc) is 2.30. The molecule has 0 bridgehead atoms. The van der Waals surface area contributed by atoms with Crippen molar-refractivity contribution in [3.63, 3.8) is 0 Å². The Balaban J connectivity index is 2.29. The summed E-state index contributed by atoms with van der Waals surface area (Å²) in [5.74, 6) is 0.00722. The summed E-state index contributed by atoms with van der Waals surface area (Å²) in [6, 6.07) is 3.14. The summed E-state index contributed by atoms with van der Waals surface area (Å²) < 4.78 is 22.1. The molecule has 0 fully saturated rings. The van der Waals surface area contributed by atoms with Gasteiger partial charge in [-0.25, -0.2) is 13.4 Å². The molecule has 1 aromatic heterocycles. The summed E-state index contributed by atoms with van der Waals surface area (Å²) in [4.78, 5) is 18.0.